The van der Waals surface area contributed by atoms with Gasteiger partial charge in [-0.25, -0.2) is 13.2 Å². The van der Waals surface area contributed by atoms with E-state index >= 15 is 0 Å². The number of benzene rings is 2. The zero-order valence-electron chi connectivity index (χ0n) is 10.1. The Labute approximate surface area is 117 Å². The van der Waals surface area contributed by atoms with Crippen molar-refractivity contribution in [3.8, 4) is 0 Å². The highest BCUT2D eigenvalue weighted by Crippen LogP contribution is 2.31. The lowest BCUT2D eigenvalue weighted by molar-refractivity contribution is 0.552. The van der Waals surface area contributed by atoms with Gasteiger partial charge in [0.05, 0.1) is 6.04 Å². The number of hydrogen-bond donors (Lipinski definition) is 1. The highest BCUT2D eigenvalue weighted by atomic mass is 79.9. The monoisotopic (exact) mass is 329 g/mol. The summed E-state index contributed by atoms with van der Waals surface area (Å²) in [6, 6.07) is 5.44. The molecule has 0 saturated carbocycles. The average Bonchev–Trinajstić information content (AvgIpc) is 2.33. The summed E-state index contributed by atoms with van der Waals surface area (Å²) in [5, 5.41) is 0. The van der Waals surface area contributed by atoms with Gasteiger partial charge in [-0.05, 0) is 30.7 Å². The molecule has 0 amide bonds. The predicted octanol–water partition coefficient (Wildman–Crippen LogP) is 4.22. The van der Waals surface area contributed by atoms with Crippen molar-refractivity contribution in [2.75, 3.05) is 0 Å². The van der Waals surface area contributed by atoms with Crippen LogP contribution in [0.3, 0.4) is 0 Å². The third-order valence-corrected chi connectivity index (χ3v) is 3.62. The molecule has 100 valence electrons. The fourth-order valence-corrected chi connectivity index (χ4v) is 2.47. The molecule has 5 heteroatoms. The second-order valence-corrected chi connectivity index (χ2v) is 5.09. The molecule has 0 heterocycles. The van der Waals surface area contributed by atoms with Gasteiger partial charge in [0.15, 0.2) is 0 Å². The largest absolute Gasteiger partial charge is 0.320 e. The van der Waals surface area contributed by atoms with Gasteiger partial charge in [0, 0.05) is 21.7 Å². The quantitative estimate of drug-likeness (QED) is 0.876. The maximum absolute atomic E-state index is 13.8. The number of halogens is 4. The van der Waals surface area contributed by atoms with E-state index in [1.807, 2.05) is 0 Å². The Morgan fingerprint density at radius 2 is 1.74 bits per heavy atom. The summed E-state index contributed by atoms with van der Waals surface area (Å²) in [7, 11) is 0. The standard InChI is InChI=1S/C14H11BrF3N/c1-7-5-8(12(18)6-11(7)17)14(19)13-9(15)3-2-4-10(13)16/h2-6,14H,19H2,1H3. The predicted molar refractivity (Wildman–Crippen MR) is 71.2 cm³/mol. The second-order valence-electron chi connectivity index (χ2n) is 4.24. The van der Waals surface area contributed by atoms with E-state index < -0.39 is 23.5 Å². The molecule has 2 N–H and O–H groups in total. The lowest BCUT2D eigenvalue weighted by Gasteiger charge is -2.17. The Morgan fingerprint density at radius 3 is 2.37 bits per heavy atom. The van der Waals surface area contributed by atoms with Gasteiger partial charge in [-0.3, -0.25) is 0 Å². The fraction of sp³-hybridized carbons (Fsp3) is 0.143. The van der Waals surface area contributed by atoms with Gasteiger partial charge in [0.1, 0.15) is 17.5 Å². The van der Waals surface area contributed by atoms with Gasteiger partial charge in [-0.15, -0.1) is 0 Å². The van der Waals surface area contributed by atoms with Crippen molar-refractivity contribution < 1.29 is 13.2 Å². The molecule has 0 aliphatic heterocycles. The van der Waals surface area contributed by atoms with Crippen molar-refractivity contribution >= 4 is 15.9 Å². The van der Waals surface area contributed by atoms with Crippen molar-refractivity contribution in [1.82, 2.24) is 0 Å². The second kappa shape index (κ2) is 5.35. The third kappa shape index (κ3) is 2.67. The number of aryl methyl sites for hydroxylation is 1. The molecule has 2 aromatic rings. The van der Waals surface area contributed by atoms with Crippen LogP contribution in [-0.4, -0.2) is 0 Å². The minimum Gasteiger partial charge on any atom is -0.320 e. The molecule has 0 aliphatic rings. The summed E-state index contributed by atoms with van der Waals surface area (Å²) in [6.45, 7) is 1.50. The van der Waals surface area contributed by atoms with Gasteiger partial charge in [-0.1, -0.05) is 22.0 Å². The summed E-state index contributed by atoms with van der Waals surface area (Å²) >= 11 is 3.19. The van der Waals surface area contributed by atoms with Crippen LogP contribution in [0.25, 0.3) is 0 Å². The third-order valence-electron chi connectivity index (χ3n) is 2.92. The normalized spacial score (nSPS) is 12.5. The zero-order chi connectivity index (χ0) is 14.2. The molecule has 1 unspecified atom stereocenters. The Morgan fingerprint density at radius 1 is 1.05 bits per heavy atom. The lowest BCUT2D eigenvalue weighted by Crippen LogP contribution is -2.16. The maximum Gasteiger partial charge on any atom is 0.131 e. The molecule has 0 fully saturated rings. The molecule has 0 radical (unpaired) electrons. The topological polar surface area (TPSA) is 26.0 Å². The molecular formula is C14H11BrF3N. The molecule has 0 aliphatic carbocycles. The van der Waals surface area contributed by atoms with Crippen molar-refractivity contribution in [2.24, 2.45) is 5.73 Å². The highest BCUT2D eigenvalue weighted by Gasteiger charge is 2.21. The average molecular weight is 330 g/mol. The molecule has 2 rings (SSSR count). The van der Waals surface area contributed by atoms with E-state index in [1.54, 1.807) is 6.07 Å². The van der Waals surface area contributed by atoms with Gasteiger partial charge in [0.25, 0.3) is 0 Å². The van der Waals surface area contributed by atoms with Crippen molar-refractivity contribution in [1.29, 1.82) is 0 Å². The van der Waals surface area contributed by atoms with Crippen LogP contribution in [0, 0.1) is 24.4 Å². The van der Waals surface area contributed by atoms with Gasteiger partial charge in [0.2, 0.25) is 0 Å². The molecule has 1 atom stereocenters. The SMILES string of the molecule is Cc1cc(C(N)c2c(F)cccc2Br)c(F)cc1F. The molecule has 0 spiro atoms. The molecule has 0 aromatic heterocycles. The smallest absolute Gasteiger partial charge is 0.131 e. The summed E-state index contributed by atoms with van der Waals surface area (Å²) in [6.07, 6.45) is 0. The van der Waals surface area contributed by atoms with Crippen LogP contribution < -0.4 is 5.73 Å². The van der Waals surface area contributed by atoms with Crippen LogP contribution in [-0.2, 0) is 0 Å². The van der Waals surface area contributed by atoms with Crippen LogP contribution in [0.2, 0.25) is 0 Å². The molecular weight excluding hydrogens is 319 g/mol. The Hall–Kier alpha value is -1.33. The van der Waals surface area contributed by atoms with E-state index in [0.717, 1.165) is 6.07 Å². The fourth-order valence-electron chi connectivity index (χ4n) is 1.88. The summed E-state index contributed by atoms with van der Waals surface area (Å²) < 4.78 is 41.2. The van der Waals surface area contributed by atoms with E-state index in [9.17, 15) is 13.2 Å². The lowest BCUT2D eigenvalue weighted by atomic mass is 9.97. The summed E-state index contributed by atoms with van der Waals surface area (Å²) in [5.41, 5.74) is 6.37. The molecule has 0 bridgehead atoms. The van der Waals surface area contributed by atoms with Gasteiger partial charge >= 0.3 is 0 Å². The minimum atomic E-state index is -1.00. The maximum atomic E-state index is 13.8. The Kier molecular flexibility index (Phi) is 3.96. The molecule has 0 saturated heterocycles. The van der Waals surface area contributed by atoms with Crippen LogP contribution >= 0.6 is 15.9 Å². The highest BCUT2D eigenvalue weighted by molar-refractivity contribution is 9.10. The Bertz CT molecular complexity index is 608. The first kappa shape index (κ1) is 14.1. The molecule has 19 heavy (non-hydrogen) atoms. The van der Waals surface area contributed by atoms with Crippen molar-refractivity contribution in [3.63, 3.8) is 0 Å². The number of hydrogen-bond acceptors (Lipinski definition) is 1. The van der Waals surface area contributed by atoms with E-state index in [4.69, 9.17) is 5.73 Å². The molecule has 2 aromatic carbocycles. The van der Waals surface area contributed by atoms with Crippen LogP contribution in [0.4, 0.5) is 13.2 Å². The van der Waals surface area contributed by atoms with Crippen LogP contribution in [0.15, 0.2) is 34.8 Å². The first-order valence-electron chi connectivity index (χ1n) is 5.57. The number of nitrogens with two attached hydrogens (primary N) is 1. The Balaban J connectivity index is 2.56. The van der Waals surface area contributed by atoms with E-state index in [0.29, 0.717) is 4.47 Å². The molecule has 1 nitrogen and oxygen atoms in total. The van der Waals surface area contributed by atoms with E-state index in [2.05, 4.69) is 15.9 Å². The summed E-state index contributed by atoms with van der Waals surface area (Å²) in [5.74, 6) is -1.98. The first-order chi connectivity index (χ1) is 8.91. The number of rotatable bonds is 2. The van der Waals surface area contributed by atoms with E-state index in [1.165, 1.54) is 25.1 Å². The van der Waals surface area contributed by atoms with Crippen molar-refractivity contribution in [2.45, 2.75) is 13.0 Å². The van der Waals surface area contributed by atoms with E-state index in [-0.39, 0.29) is 16.7 Å². The zero-order valence-corrected chi connectivity index (χ0v) is 11.6. The van der Waals surface area contributed by atoms with Gasteiger partial charge in [-0.2, -0.15) is 0 Å². The minimum absolute atomic E-state index is 0.0599. The van der Waals surface area contributed by atoms with Crippen molar-refractivity contribution in [3.05, 3.63) is 68.9 Å². The van der Waals surface area contributed by atoms with Gasteiger partial charge < -0.3 is 5.73 Å². The first-order valence-corrected chi connectivity index (χ1v) is 6.36. The van der Waals surface area contributed by atoms with Crippen LogP contribution in [0.1, 0.15) is 22.7 Å². The van der Waals surface area contributed by atoms with Crippen LogP contribution in [0.5, 0.6) is 0 Å². The summed E-state index contributed by atoms with van der Waals surface area (Å²) in [4.78, 5) is 0.